The van der Waals surface area contributed by atoms with Crippen LogP contribution in [-0.4, -0.2) is 9.97 Å². The monoisotopic (exact) mass is 255 g/mol. The molecular formula is C13H13N5O. The smallest absolute Gasteiger partial charge is 0.240 e. The Morgan fingerprint density at radius 2 is 2.05 bits per heavy atom. The minimum Gasteiger partial charge on any atom is -0.439 e. The molecule has 1 aromatic carbocycles. The zero-order valence-electron chi connectivity index (χ0n) is 10.4. The van der Waals surface area contributed by atoms with Gasteiger partial charge in [0.05, 0.1) is 12.5 Å². The van der Waals surface area contributed by atoms with E-state index in [9.17, 15) is 0 Å². The molecule has 0 bridgehead atoms. The number of aromatic nitrogens is 2. The molecule has 0 amide bonds. The first-order valence-corrected chi connectivity index (χ1v) is 5.67. The number of anilines is 1. The molecule has 2 rings (SSSR count). The van der Waals surface area contributed by atoms with E-state index in [1.165, 1.54) is 0 Å². The summed E-state index contributed by atoms with van der Waals surface area (Å²) in [5, 5.41) is 8.60. The number of hydrogen-bond acceptors (Lipinski definition) is 6. The van der Waals surface area contributed by atoms with Gasteiger partial charge in [-0.3, -0.25) is 5.43 Å². The first-order valence-electron chi connectivity index (χ1n) is 5.67. The number of hydrazine groups is 1. The normalized spacial score (nSPS) is 9.74. The fourth-order valence-electron chi connectivity index (χ4n) is 1.54. The van der Waals surface area contributed by atoms with Gasteiger partial charge in [0.1, 0.15) is 5.75 Å². The Hall–Kier alpha value is -2.65. The Labute approximate surface area is 110 Å². The molecule has 19 heavy (non-hydrogen) atoms. The van der Waals surface area contributed by atoms with Gasteiger partial charge >= 0.3 is 0 Å². The highest BCUT2D eigenvalue weighted by atomic mass is 16.5. The van der Waals surface area contributed by atoms with Crippen molar-refractivity contribution in [2.24, 2.45) is 5.84 Å². The summed E-state index contributed by atoms with van der Waals surface area (Å²) in [6, 6.07) is 11.1. The molecule has 1 aromatic heterocycles. The molecule has 0 fully saturated rings. The van der Waals surface area contributed by atoms with Crippen LogP contribution in [0.2, 0.25) is 0 Å². The quantitative estimate of drug-likeness (QED) is 0.640. The van der Waals surface area contributed by atoms with E-state index in [4.69, 9.17) is 15.8 Å². The van der Waals surface area contributed by atoms with Crippen LogP contribution in [0, 0.1) is 18.3 Å². The molecule has 0 aliphatic heterocycles. The minimum atomic E-state index is 0.302. The molecule has 0 aliphatic rings. The van der Waals surface area contributed by atoms with E-state index in [-0.39, 0.29) is 0 Å². The van der Waals surface area contributed by atoms with Crippen molar-refractivity contribution in [1.82, 2.24) is 9.97 Å². The van der Waals surface area contributed by atoms with Gasteiger partial charge in [-0.2, -0.15) is 10.2 Å². The fourth-order valence-corrected chi connectivity index (χ4v) is 1.54. The maximum absolute atomic E-state index is 8.60. The summed E-state index contributed by atoms with van der Waals surface area (Å²) in [5.74, 6) is 6.63. The predicted molar refractivity (Wildman–Crippen MR) is 70.4 cm³/mol. The highest BCUT2D eigenvalue weighted by molar-refractivity contribution is 5.34. The van der Waals surface area contributed by atoms with Crippen LogP contribution < -0.4 is 16.0 Å². The first-order chi connectivity index (χ1) is 9.21. The Kier molecular flexibility index (Phi) is 3.90. The topological polar surface area (TPSA) is 96.8 Å². The van der Waals surface area contributed by atoms with Crippen LogP contribution in [0.4, 0.5) is 5.95 Å². The Morgan fingerprint density at radius 3 is 2.68 bits per heavy atom. The average Bonchev–Trinajstić information content (AvgIpc) is 2.40. The highest BCUT2D eigenvalue weighted by Crippen LogP contribution is 2.21. The van der Waals surface area contributed by atoms with Crippen molar-refractivity contribution in [3.05, 3.63) is 41.6 Å². The van der Waals surface area contributed by atoms with Crippen molar-refractivity contribution >= 4 is 5.95 Å². The van der Waals surface area contributed by atoms with E-state index in [1.54, 1.807) is 18.2 Å². The van der Waals surface area contributed by atoms with Crippen molar-refractivity contribution in [3.8, 4) is 17.7 Å². The Morgan fingerprint density at radius 1 is 1.32 bits per heavy atom. The molecule has 0 spiro atoms. The summed E-state index contributed by atoms with van der Waals surface area (Å²) < 4.78 is 5.61. The number of aryl methyl sites for hydroxylation is 1. The molecule has 0 unspecified atom stereocenters. The second kappa shape index (κ2) is 5.80. The van der Waals surface area contributed by atoms with Gasteiger partial charge in [0, 0.05) is 11.8 Å². The number of nitrogens with two attached hydrogens (primary N) is 1. The Bertz CT molecular complexity index is 603. The van der Waals surface area contributed by atoms with Gasteiger partial charge < -0.3 is 4.74 Å². The van der Waals surface area contributed by atoms with Crippen LogP contribution in [-0.2, 0) is 6.42 Å². The van der Waals surface area contributed by atoms with E-state index in [0.717, 1.165) is 11.3 Å². The van der Waals surface area contributed by atoms with Crippen molar-refractivity contribution in [3.63, 3.8) is 0 Å². The van der Waals surface area contributed by atoms with Gasteiger partial charge in [-0.15, -0.1) is 0 Å². The lowest BCUT2D eigenvalue weighted by Crippen LogP contribution is -2.11. The average molecular weight is 255 g/mol. The second-order valence-electron chi connectivity index (χ2n) is 3.90. The molecule has 0 radical (unpaired) electrons. The van der Waals surface area contributed by atoms with Crippen LogP contribution >= 0.6 is 0 Å². The van der Waals surface area contributed by atoms with Crippen LogP contribution in [0.3, 0.4) is 0 Å². The maximum atomic E-state index is 8.60. The SMILES string of the molecule is Cc1cc(Oc2ccc(CC#N)cc2)nc(NN)n1. The zero-order chi connectivity index (χ0) is 13.7. The maximum Gasteiger partial charge on any atom is 0.240 e. The number of nitriles is 1. The van der Waals surface area contributed by atoms with E-state index in [0.29, 0.717) is 24.0 Å². The number of nitrogens with one attached hydrogen (secondary N) is 1. The van der Waals surface area contributed by atoms with E-state index >= 15 is 0 Å². The summed E-state index contributed by atoms with van der Waals surface area (Å²) in [7, 11) is 0. The third-order valence-electron chi connectivity index (χ3n) is 2.39. The first kappa shape index (κ1) is 12.8. The molecule has 0 saturated heterocycles. The summed E-state index contributed by atoms with van der Waals surface area (Å²) in [5.41, 5.74) is 4.07. The number of ether oxygens (including phenoxy) is 1. The molecule has 0 saturated carbocycles. The standard InChI is InChI=1S/C13H13N5O/c1-9-8-12(17-13(16-9)18-15)19-11-4-2-10(3-5-11)6-7-14/h2-5,8H,6,15H2,1H3,(H,16,17,18). The van der Waals surface area contributed by atoms with Gasteiger partial charge in [0.25, 0.3) is 0 Å². The molecule has 2 aromatic rings. The lowest BCUT2D eigenvalue weighted by Gasteiger charge is -2.07. The van der Waals surface area contributed by atoms with E-state index in [2.05, 4.69) is 21.5 Å². The summed E-state index contributed by atoms with van der Waals surface area (Å²) in [6.45, 7) is 1.82. The molecule has 6 heteroatoms. The van der Waals surface area contributed by atoms with Crippen LogP contribution in [0.1, 0.15) is 11.3 Å². The van der Waals surface area contributed by atoms with Crippen LogP contribution in [0.25, 0.3) is 0 Å². The highest BCUT2D eigenvalue weighted by Gasteiger charge is 2.03. The second-order valence-corrected chi connectivity index (χ2v) is 3.90. The molecule has 0 aliphatic carbocycles. The molecule has 6 nitrogen and oxygen atoms in total. The third kappa shape index (κ3) is 3.40. The lowest BCUT2D eigenvalue weighted by atomic mass is 10.2. The molecule has 3 N–H and O–H groups in total. The number of nitrogen functional groups attached to an aromatic ring is 1. The summed E-state index contributed by atoms with van der Waals surface area (Å²) in [4.78, 5) is 8.15. The molecular weight excluding hydrogens is 242 g/mol. The zero-order valence-corrected chi connectivity index (χ0v) is 10.4. The summed E-state index contributed by atoms with van der Waals surface area (Å²) in [6.07, 6.45) is 0.383. The third-order valence-corrected chi connectivity index (χ3v) is 2.39. The fraction of sp³-hybridized carbons (Fsp3) is 0.154. The van der Waals surface area contributed by atoms with Crippen molar-refractivity contribution < 1.29 is 4.74 Å². The predicted octanol–water partition coefficient (Wildman–Crippen LogP) is 1.93. The molecule has 0 atom stereocenters. The van der Waals surface area contributed by atoms with Crippen LogP contribution in [0.15, 0.2) is 30.3 Å². The van der Waals surface area contributed by atoms with E-state index < -0.39 is 0 Å². The van der Waals surface area contributed by atoms with Gasteiger partial charge in [-0.1, -0.05) is 12.1 Å². The molecule has 96 valence electrons. The van der Waals surface area contributed by atoms with Gasteiger partial charge in [0.2, 0.25) is 11.8 Å². The number of hydrogen-bond donors (Lipinski definition) is 2. The number of rotatable bonds is 4. The van der Waals surface area contributed by atoms with Crippen LogP contribution in [0.5, 0.6) is 11.6 Å². The summed E-state index contributed by atoms with van der Waals surface area (Å²) >= 11 is 0. The van der Waals surface area contributed by atoms with Crippen molar-refractivity contribution in [2.45, 2.75) is 13.3 Å². The van der Waals surface area contributed by atoms with Gasteiger partial charge in [-0.05, 0) is 24.6 Å². The lowest BCUT2D eigenvalue weighted by molar-refractivity contribution is 0.461. The number of nitrogens with zero attached hydrogens (tertiary/aromatic N) is 3. The van der Waals surface area contributed by atoms with Crippen molar-refractivity contribution in [1.29, 1.82) is 5.26 Å². The van der Waals surface area contributed by atoms with Gasteiger partial charge in [0.15, 0.2) is 0 Å². The van der Waals surface area contributed by atoms with Gasteiger partial charge in [-0.25, -0.2) is 10.8 Å². The van der Waals surface area contributed by atoms with Crippen molar-refractivity contribution in [2.75, 3.05) is 5.43 Å². The Balaban J connectivity index is 2.16. The molecule has 1 heterocycles. The van der Waals surface area contributed by atoms with E-state index in [1.807, 2.05) is 19.1 Å². The largest absolute Gasteiger partial charge is 0.439 e. The minimum absolute atomic E-state index is 0.302. The number of benzene rings is 1.